The third-order valence-corrected chi connectivity index (χ3v) is 2.61. The van der Waals surface area contributed by atoms with Crippen molar-refractivity contribution in [3.8, 4) is 0 Å². The zero-order chi connectivity index (χ0) is 13.7. The van der Waals surface area contributed by atoms with Crippen molar-refractivity contribution in [2.45, 2.75) is 20.0 Å². The number of carbonyl (C=O) groups excluding carboxylic acids is 1. The maximum absolute atomic E-state index is 12.0. The quantitative estimate of drug-likeness (QED) is 0.860. The molecular formula is C13H17NO4. The van der Waals surface area contributed by atoms with Crippen LogP contribution in [0, 0.1) is 6.92 Å². The molecular weight excluding hydrogens is 234 g/mol. The first kappa shape index (κ1) is 14.2. The highest BCUT2D eigenvalue weighted by Crippen LogP contribution is 2.16. The van der Waals surface area contributed by atoms with Crippen molar-refractivity contribution in [2.75, 3.05) is 18.6 Å². The molecule has 0 aliphatic heterocycles. The van der Waals surface area contributed by atoms with Crippen LogP contribution in [0.3, 0.4) is 0 Å². The largest absolute Gasteiger partial charge is 0.480 e. The van der Waals surface area contributed by atoms with Gasteiger partial charge in [0.15, 0.2) is 0 Å². The van der Waals surface area contributed by atoms with Crippen LogP contribution in [0.2, 0.25) is 0 Å². The van der Waals surface area contributed by atoms with Crippen molar-refractivity contribution >= 4 is 17.6 Å². The van der Waals surface area contributed by atoms with E-state index < -0.39 is 12.1 Å². The van der Waals surface area contributed by atoms with Gasteiger partial charge in [0.05, 0.1) is 0 Å². The van der Waals surface area contributed by atoms with Crippen molar-refractivity contribution < 1.29 is 19.4 Å². The predicted octanol–water partition coefficient (Wildman–Crippen LogP) is 1.45. The second-order valence-electron chi connectivity index (χ2n) is 4.03. The molecule has 18 heavy (non-hydrogen) atoms. The zero-order valence-corrected chi connectivity index (χ0v) is 10.7. The molecule has 1 aromatic carbocycles. The Labute approximate surface area is 106 Å². The second kappa shape index (κ2) is 6.16. The molecule has 98 valence electrons. The summed E-state index contributed by atoms with van der Waals surface area (Å²) < 4.78 is 4.94. The number of aliphatic carboxylic acids is 1. The molecule has 0 radical (unpaired) electrons. The molecule has 1 unspecified atom stereocenters. The number of carboxylic acids is 1. The molecule has 0 spiro atoms. The molecule has 0 heterocycles. The molecule has 0 aliphatic carbocycles. The molecule has 5 heteroatoms. The van der Waals surface area contributed by atoms with Crippen LogP contribution in [0.25, 0.3) is 0 Å². The normalized spacial score (nSPS) is 11.9. The number of methoxy groups -OCH3 is 1. The van der Waals surface area contributed by atoms with Gasteiger partial charge in [0.25, 0.3) is 5.91 Å². The van der Waals surface area contributed by atoms with Gasteiger partial charge in [0.2, 0.25) is 0 Å². The molecule has 5 nitrogen and oxygen atoms in total. The summed E-state index contributed by atoms with van der Waals surface area (Å²) >= 11 is 0. The number of nitrogens with zero attached hydrogens (tertiary/aromatic N) is 1. The van der Waals surface area contributed by atoms with Gasteiger partial charge in [0, 0.05) is 12.8 Å². The minimum absolute atomic E-state index is 0.372. The number of rotatable bonds is 5. The summed E-state index contributed by atoms with van der Waals surface area (Å²) in [5.41, 5.74) is 1.60. The first-order chi connectivity index (χ1) is 8.45. The predicted molar refractivity (Wildman–Crippen MR) is 67.6 cm³/mol. The lowest BCUT2D eigenvalue weighted by atomic mass is 10.2. The summed E-state index contributed by atoms with van der Waals surface area (Å²) in [5, 5.41) is 8.87. The van der Waals surface area contributed by atoms with Crippen molar-refractivity contribution in [1.29, 1.82) is 0 Å². The summed E-state index contributed by atoms with van der Waals surface area (Å²) in [6.07, 6.45) is -0.675. The van der Waals surface area contributed by atoms with Gasteiger partial charge in [-0.25, -0.2) is 0 Å². The Morgan fingerprint density at radius 2 is 1.89 bits per heavy atom. The van der Waals surface area contributed by atoms with E-state index in [1.54, 1.807) is 19.1 Å². The monoisotopic (exact) mass is 251 g/mol. The maximum atomic E-state index is 12.0. The zero-order valence-electron chi connectivity index (χ0n) is 10.7. The van der Waals surface area contributed by atoms with Gasteiger partial charge >= 0.3 is 5.97 Å². The fourth-order valence-electron chi connectivity index (χ4n) is 1.48. The van der Waals surface area contributed by atoms with E-state index in [4.69, 9.17) is 9.84 Å². The maximum Gasteiger partial charge on any atom is 0.323 e. The van der Waals surface area contributed by atoms with Crippen molar-refractivity contribution in [3.63, 3.8) is 0 Å². The molecule has 0 aliphatic rings. The van der Waals surface area contributed by atoms with Crippen LogP contribution in [0.4, 0.5) is 5.69 Å². The van der Waals surface area contributed by atoms with Crippen molar-refractivity contribution in [1.82, 2.24) is 0 Å². The minimum Gasteiger partial charge on any atom is -0.480 e. The lowest BCUT2D eigenvalue weighted by Gasteiger charge is -2.23. The summed E-state index contributed by atoms with van der Waals surface area (Å²) in [5.74, 6) is -1.43. The van der Waals surface area contributed by atoms with Gasteiger partial charge in [-0.2, -0.15) is 0 Å². The molecule has 0 aromatic heterocycles. The SMILES string of the molecule is COC(C)C(=O)N(CC(=O)O)c1ccc(C)cc1. The number of hydrogen-bond acceptors (Lipinski definition) is 3. The van der Waals surface area contributed by atoms with E-state index in [1.165, 1.54) is 12.0 Å². The second-order valence-corrected chi connectivity index (χ2v) is 4.03. The molecule has 1 amide bonds. The van der Waals surface area contributed by atoms with Crippen molar-refractivity contribution in [3.05, 3.63) is 29.8 Å². The Morgan fingerprint density at radius 1 is 1.33 bits per heavy atom. The molecule has 0 bridgehead atoms. The average Bonchev–Trinajstić information content (AvgIpc) is 2.35. The lowest BCUT2D eigenvalue weighted by molar-refractivity contribution is -0.137. The Hall–Kier alpha value is -1.88. The van der Waals surface area contributed by atoms with Gasteiger partial charge in [-0.05, 0) is 26.0 Å². The first-order valence-corrected chi connectivity index (χ1v) is 5.58. The third-order valence-electron chi connectivity index (χ3n) is 2.61. The Kier molecular flexibility index (Phi) is 4.85. The van der Waals surface area contributed by atoms with Gasteiger partial charge in [-0.15, -0.1) is 0 Å². The Bertz CT molecular complexity index is 427. The van der Waals surface area contributed by atoms with Gasteiger partial charge in [-0.1, -0.05) is 17.7 Å². The summed E-state index contributed by atoms with van der Waals surface area (Å²) in [6.45, 7) is 3.13. The van der Waals surface area contributed by atoms with Crippen LogP contribution in [-0.2, 0) is 14.3 Å². The van der Waals surface area contributed by atoms with Crippen LogP contribution in [0.1, 0.15) is 12.5 Å². The van der Waals surface area contributed by atoms with Crippen LogP contribution in [0.15, 0.2) is 24.3 Å². The summed E-state index contributed by atoms with van der Waals surface area (Å²) in [4.78, 5) is 24.1. The number of ether oxygens (including phenoxy) is 1. The smallest absolute Gasteiger partial charge is 0.323 e. The van der Waals surface area contributed by atoms with Crippen LogP contribution in [0.5, 0.6) is 0 Å². The van der Waals surface area contributed by atoms with Crippen LogP contribution >= 0.6 is 0 Å². The molecule has 1 rings (SSSR count). The lowest BCUT2D eigenvalue weighted by Crippen LogP contribution is -2.41. The van der Waals surface area contributed by atoms with Crippen molar-refractivity contribution in [2.24, 2.45) is 0 Å². The Morgan fingerprint density at radius 3 is 2.33 bits per heavy atom. The highest BCUT2D eigenvalue weighted by Gasteiger charge is 2.23. The summed E-state index contributed by atoms with van der Waals surface area (Å²) in [7, 11) is 1.41. The number of hydrogen-bond donors (Lipinski definition) is 1. The fraction of sp³-hybridized carbons (Fsp3) is 0.385. The van der Waals surface area contributed by atoms with E-state index in [1.807, 2.05) is 19.1 Å². The minimum atomic E-state index is -1.06. The topological polar surface area (TPSA) is 66.8 Å². The van der Waals surface area contributed by atoms with E-state index in [0.29, 0.717) is 5.69 Å². The standard InChI is InChI=1S/C13H17NO4/c1-9-4-6-11(7-5-9)14(8-12(15)16)13(17)10(2)18-3/h4-7,10H,8H2,1-3H3,(H,15,16). The molecule has 0 saturated heterocycles. The number of carboxylic acid groups (broad SMARTS) is 1. The van der Waals surface area contributed by atoms with E-state index >= 15 is 0 Å². The number of carbonyl (C=O) groups is 2. The average molecular weight is 251 g/mol. The van der Waals surface area contributed by atoms with Gasteiger partial charge in [0.1, 0.15) is 12.6 Å². The number of aryl methyl sites for hydroxylation is 1. The highest BCUT2D eigenvalue weighted by molar-refractivity contribution is 5.99. The molecule has 1 atom stereocenters. The Balaban J connectivity index is 3.01. The molecule has 1 N–H and O–H groups in total. The number of amides is 1. The molecule has 0 saturated carbocycles. The highest BCUT2D eigenvalue weighted by atomic mass is 16.5. The summed E-state index contributed by atoms with van der Waals surface area (Å²) in [6, 6.07) is 7.10. The third kappa shape index (κ3) is 3.56. The number of anilines is 1. The van der Waals surface area contributed by atoms with Gasteiger partial charge < -0.3 is 9.84 Å². The van der Waals surface area contributed by atoms with Gasteiger partial charge in [-0.3, -0.25) is 14.5 Å². The molecule has 0 fully saturated rings. The van der Waals surface area contributed by atoms with E-state index in [0.717, 1.165) is 5.56 Å². The van der Waals surface area contributed by atoms with Crippen LogP contribution in [-0.4, -0.2) is 36.7 Å². The van der Waals surface area contributed by atoms with E-state index in [-0.39, 0.29) is 12.5 Å². The van der Waals surface area contributed by atoms with Crippen LogP contribution < -0.4 is 4.90 Å². The van der Waals surface area contributed by atoms with E-state index in [9.17, 15) is 9.59 Å². The van der Waals surface area contributed by atoms with E-state index in [2.05, 4.69) is 0 Å². The number of benzene rings is 1. The molecule has 1 aromatic rings. The fourth-order valence-corrected chi connectivity index (χ4v) is 1.48. The first-order valence-electron chi connectivity index (χ1n) is 5.58.